The van der Waals surface area contributed by atoms with Gasteiger partial charge in [0.05, 0.1) is 18.9 Å². The number of nitrogens with zero attached hydrogens (tertiary/aromatic N) is 5. The summed E-state index contributed by atoms with van der Waals surface area (Å²) >= 11 is 6.08. The van der Waals surface area contributed by atoms with E-state index in [1.54, 1.807) is 10.7 Å². The zero-order valence-corrected chi connectivity index (χ0v) is 18.2. The Kier molecular flexibility index (Phi) is 5.29. The lowest BCUT2D eigenvalue weighted by molar-refractivity contribution is -0.189. The summed E-state index contributed by atoms with van der Waals surface area (Å²) in [6, 6.07) is 9.80. The van der Waals surface area contributed by atoms with E-state index >= 15 is 0 Å². The van der Waals surface area contributed by atoms with Crippen molar-refractivity contribution in [3.05, 3.63) is 52.8 Å². The summed E-state index contributed by atoms with van der Waals surface area (Å²) < 4.78 is 13.3. The number of nitrogens with two attached hydrogens (primary N) is 1. The molecule has 2 saturated heterocycles. The van der Waals surface area contributed by atoms with Gasteiger partial charge in [0.25, 0.3) is 0 Å². The molecule has 2 aromatic heterocycles. The van der Waals surface area contributed by atoms with Crippen LogP contribution in [0.3, 0.4) is 0 Å². The number of rotatable bonds is 7. The van der Waals surface area contributed by atoms with Crippen LogP contribution >= 0.6 is 11.6 Å². The summed E-state index contributed by atoms with van der Waals surface area (Å²) in [6.45, 7) is 5.62. The Morgan fingerprint density at radius 2 is 2.00 bits per heavy atom. The zero-order chi connectivity index (χ0) is 21.4. The van der Waals surface area contributed by atoms with Gasteiger partial charge < -0.3 is 15.2 Å². The highest BCUT2D eigenvalue weighted by atomic mass is 35.5. The fraction of sp³-hybridized carbons (Fsp3) is 0.409. The predicted molar refractivity (Wildman–Crippen MR) is 118 cm³/mol. The molecule has 8 nitrogen and oxygen atoms in total. The quantitative estimate of drug-likeness (QED) is 0.564. The molecule has 0 atom stereocenters. The number of aromatic nitrogens is 4. The van der Waals surface area contributed by atoms with Crippen LogP contribution in [-0.4, -0.2) is 64.1 Å². The van der Waals surface area contributed by atoms with E-state index in [0.717, 1.165) is 55.4 Å². The third-order valence-corrected chi connectivity index (χ3v) is 6.01. The molecule has 9 heteroatoms. The van der Waals surface area contributed by atoms with E-state index < -0.39 is 0 Å². The van der Waals surface area contributed by atoms with Crippen molar-refractivity contribution in [1.82, 2.24) is 24.6 Å². The van der Waals surface area contributed by atoms with Crippen molar-refractivity contribution in [1.29, 1.82) is 0 Å². The topological polar surface area (TPSA) is 91.3 Å². The molecule has 2 aliphatic rings. The fourth-order valence-electron chi connectivity index (χ4n) is 4.35. The van der Waals surface area contributed by atoms with E-state index in [4.69, 9.17) is 26.8 Å². The first-order valence-electron chi connectivity index (χ1n) is 10.3. The molecule has 0 saturated carbocycles. The molecular weight excluding hydrogens is 416 g/mol. The monoisotopic (exact) mass is 440 g/mol. The molecule has 1 spiro atoms. The number of aryl methyl sites for hydroxylation is 1. The van der Waals surface area contributed by atoms with Gasteiger partial charge in [-0.25, -0.2) is 9.97 Å². The van der Waals surface area contributed by atoms with Gasteiger partial charge in [0.15, 0.2) is 0 Å². The first-order valence-corrected chi connectivity index (χ1v) is 10.7. The molecule has 4 heterocycles. The molecular formula is C22H25ClN6O2. The van der Waals surface area contributed by atoms with Crippen LogP contribution < -0.4 is 10.5 Å². The second kappa shape index (κ2) is 8.11. The van der Waals surface area contributed by atoms with Crippen molar-refractivity contribution < 1.29 is 9.47 Å². The molecule has 0 radical (unpaired) electrons. The minimum absolute atomic E-state index is 0.129. The highest BCUT2D eigenvalue weighted by Crippen LogP contribution is 2.37. The number of ether oxygens (including phenoxy) is 2. The largest absolute Gasteiger partial charge is 0.492 e. The van der Waals surface area contributed by atoms with Crippen LogP contribution in [0.15, 0.2) is 36.5 Å². The lowest BCUT2D eigenvalue weighted by Gasteiger charge is -2.55. The number of hydrogen-bond acceptors (Lipinski definition) is 7. The summed E-state index contributed by atoms with van der Waals surface area (Å²) in [5.41, 5.74) is 9.67. The first kappa shape index (κ1) is 20.2. The normalized spacial score (nSPS) is 17.4. The molecule has 0 aliphatic carbocycles. The molecule has 0 bridgehead atoms. The summed E-state index contributed by atoms with van der Waals surface area (Å²) in [4.78, 5) is 10.7. The van der Waals surface area contributed by atoms with E-state index in [1.165, 1.54) is 0 Å². The zero-order valence-electron chi connectivity index (χ0n) is 17.4. The average Bonchev–Trinajstić information content (AvgIpc) is 3.03. The molecule has 3 aromatic rings. The molecule has 5 rings (SSSR count). The Balaban J connectivity index is 1.28. The van der Waals surface area contributed by atoms with Crippen LogP contribution in [0, 0.1) is 5.41 Å². The smallest absolute Gasteiger partial charge is 0.222 e. The molecule has 1 aromatic carbocycles. The van der Waals surface area contributed by atoms with Crippen LogP contribution in [0.2, 0.25) is 5.15 Å². The Morgan fingerprint density at radius 3 is 2.74 bits per heavy atom. The van der Waals surface area contributed by atoms with Crippen molar-refractivity contribution in [2.45, 2.75) is 6.42 Å². The van der Waals surface area contributed by atoms with Gasteiger partial charge in [-0.1, -0.05) is 29.8 Å². The van der Waals surface area contributed by atoms with Crippen LogP contribution in [-0.2, 0) is 18.2 Å². The maximum Gasteiger partial charge on any atom is 0.222 e. The molecule has 2 fully saturated rings. The number of hydrogen-bond donors (Lipinski definition) is 1. The molecule has 2 N–H and O–H groups in total. The fourth-order valence-corrected chi connectivity index (χ4v) is 4.54. The lowest BCUT2D eigenvalue weighted by Crippen LogP contribution is -2.66. The van der Waals surface area contributed by atoms with Crippen LogP contribution in [0.25, 0.3) is 11.4 Å². The summed E-state index contributed by atoms with van der Waals surface area (Å²) in [5.74, 6) is 1.02. The van der Waals surface area contributed by atoms with E-state index in [2.05, 4.69) is 26.0 Å². The molecule has 31 heavy (non-hydrogen) atoms. The van der Waals surface area contributed by atoms with E-state index in [1.807, 2.05) is 31.4 Å². The summed E-state index contributed by atoms with van der Waals surface area (Å²) in [6.07, 6.45) is 2.64. The number of benzene rings is 1. The minimum atomic E-state index is 0.129. The summed E-state index contributed by atoms with van der Waals surface area (Å²) in [7, 11) is 1.88. The van der Waals surface area contributed by atoms with Crippen molar-refractivity contribution in [3.63, 3.8) is 0 Å². The maximum atomic E-state index is 6.16. The minimum Gasteiger partial charge on any atom is -0.492 e. The van der Waals surface area contributed by atoms with Gasteiger partial charge in [-0.2, -0.15) is 5.10 Å². The van der Waals surface area contributed by atoms with Crippen molar-refractivity contribution in [2.75, 3.05) is 45.2 Å². The standard InChI is InChI=1S/C22H25ClN6O2/c1-28-10-16(20(27-28)17-9-19(23)26-21(24)25-17)8-15-4-2-3-5-18(15)31-7-6-29-11-22(12-29)13-30-14-22/h2-5,9-10H,6-8,11-14H2,1H3,(H2,24,25,26). The van der Waals surface area contributed by atoms with E-state index in [0.29, 0.717) is 29.3 Å². The Hall–Kier alpha value is -2.68. The van der Waals surface area contributed by atoms with Crippen molar-refractivity contribution in [3.8, 4) is 17.1 Å². The summed E-state index contributed by atoms with van der Waals surface area (Å²) in [5, 5.41) is 4.87. The van der Waals surface area contributed by atoms with Gasteiger partial charge in [-0.05, 0) is 11.6 Å². The van der Waals surface area contributed by atoms with Crippen LogP contribution in [0.1, 0.15) is 11.1 Å². The molecule has 162 valence electrons. The number of halogens is 1. The molecule has 0 amide bonds. The van der Waals surface area contributed by atoms with Crippen LogP contribution in [0.5, 0.6) is 5.75 Å². The number of para-hydroxylation sites is 1. The predicted octanol–water partition coefficient (Wildman–Crippen LogP) is 2.41. The molecule has 2 aliphatic heterocycles. The second-order valence-electron chi connectivity index (χ2n) is 8.45. The van der Waals surface area contributed by atoms with Gasteiger partial charge in [0, 0.05) is 56.3 Å². The van der Waals surface area contributed by atoms with Crippen LogP contribution in [0.4, 0.5) is 5.95 Å². The third-order valence-electron chi connectivity index (χ3n) is 5.81. The van der Waals surface area contributed by atoms with Gasteiger partial charge in [-0.3, -0.25) is 9.58 Å². The number of likely N-dealkylation sites (tertiary alicyclic amines) is 1. The van der Waals surface area contributed by atoms with Crippen molar-refractivity contribution in [2.24, 2.45) is 12.5 Å². The van der Waals surface area contributed by atoms with E-state index in [-0.39, 0.29) is 5.95 Å². The number of anilines is 1. The first-order chi connectivity index (χ1) is 15.0. The number of nitrogen functional groups attached to an aromatic ring is 1. The maximum absolute atomic E-state index is 6.16. The highest BCUT2D eigenvalue weighted by molar-refractivity contribution is 6.29. The van der Waals surface area contributed by atoms with Crippen molar-refractivity contribution >= 4 is 17.5 Å². The lowest BCUT2D eigenvalue weighted by atomic mass is 9.78. The molecule has 0 unspecified atom stereocenters. The van der Waals surface area contributed by atoms with Gasteiger partial charge in [0.1, 0.15) is 23.2 Å². The van der Waals surface area contributed by atoms with Gasteiger partial charge >= 0.3 is 0 Å². The Bertz CT molecular complexity index is 1070. The Labute approximate surface area is 185 Å². The third kappa shape index (κ3) is 4.23. The van der Waals surface area contributed by atoms with Gasteiger partial charge in [-0.15, -0.1) is 0 Å². The van der Waals surface area contributed by atoms with Gasteiger partial charge in [0.2, 0.25) is 5.95 Å². The highest BCUT2D eigenvalue weighted by Gasteiger charge is 2.48. The second-order valence-corrected chi connectivity index (χ2v) is 8.83. The SMILES string of the molecule is Cn1cc(Cc2ccccc2OCCN2CC3(COC3)C2)c(-c2cc(Cl)nc(N)n2)n1. The Morgan fingerprint density at radius 1 is 1.19 bits per heavy atom. The van der Waals surface area contributed by atoms with E-state index in [9.17, 15) is 0 Å². The average molecular weight is 441 g/mol.